The van der Waals surface area contributed by atoms with E-state index in [1.165, 1.54) is 5.56 Å². The van der Waals surface area contributed by atoms with E-state index in [0.29, 0.717) is 13.0 Å². The molecule has 2 N–H and O–H groups in total. The van der Waals surface area contributed by atoms with Crippen LogP contribution in [0.25, 0.3) is 0 Å². The number of aliphatic hydroxyl groups excluding tert-OH is 1. The minimum Gasteiger partial charge on any atom is -0.396 e. The second kappa shape index (κ2) is 6.68. The van der Waals surface area contributed by atoms with Crippen LogP contribution in [0.4, 0.5) is 0 Å². The normalized spacial score (nSPS) is 19.6. The van der Waals surface area contributed by atoms with Crippen molar-refractivity contribution < 1.29 is 14.6 Å². The van der Waals surface area contributed by atoms with Crippen molar-refractivity contribution in [3.05, 3.63) is 35.4 Å². The summed E-state index contributed by atoms with van der Waals surface area (Å²) in [4.78, 5) is 12.3. The van der Waals surface area contributed by atoms with Crippen molar-refractivity contribution in [3.8, 4) is 0 Å². The highest BCUT2D eigenvalue weighted by atomic mass is 16.5. The summed E-state index contributed by atoms with van der Waals surface area (Å²) in [6.45, 7) is 2.66. The molecule has 4 heteroatoms. The van der Waals surface area contributed by atoms with Gasteiger partial charge in [0.1, 0.15) is 0 Å². The first-order valence-electron chi connectivity index (χ1n) is 6.87. The van der Waals surface area contributed by atoms with Gasteiger partial charge in [-0.05, 0) is 30.4 Å². The summed E-state index contributed by atoms with van der Waals surface area (Å²) in [5.41, 5.74) is 2.15. The SMILES string of the molecule is CCC(CCO)NC(=O)C1OCCc2ccccc21. The van der Waals surface area contributed by atoms with E-state index >= 15 is 0 Å². The molecule has 1 heterocycles. The van der Waals surface area contributed by atoms with Gasteiger partial charge >= 0.3 is 0 Å². The van der Waals surface area contributed by atoms with E-state index in [1.807, 2.05) is 31.2 Å². The lowest BCUT2D eigenvalue weighted by molar-refractivity contribution is -0.135. The fourth-order valence-corrected chi connectivity index (χ4v) is 2.42. The molecule has 1 aliphatic heterocycles. The van der Waals surface area contributed by atoms with E-state index in [1.54, 1.807) is 0 Å². The van der Waals surface area contributed by atoms with Crippen LogP contribution in [0.1, 0.15) is 37.0 Å². The summed E-state index contributed by atoms with van der Waals surface area (Å²) >= 11 is 0. The molecular formula is C15H21NO3. The van der Waals surface area contributed by atoms with Crippen molar-refractivity contribution in [2.24, 2.45) is 0 Å². The van der Waals surface area contributed by atoms with Crippen molar-refractivity contribution in [1.29, 1.82) is 0 Å². The largest absolute Gasteiger partial charge is 0.396 e. The lowest BCUT2D eigenvalue weighted by Crippen LogP contribution is -2.40. The Balaban J connectivity index is 2.08. The topological polar surface area (TPSA) is 58.6 Å². The van der Waals surface area contributed by atoms with Gasteiger partial charge in [0.2, 0.25) is 0 Å². The Labute approximate surface area is 113 Å². The third kappa shape index (κ3) is 3.33. The molecule has 0 radical (unpaired) electrons. The molecule has 0 fully saturated rings. The van der Waals surface area contributed by atoms with Gasteiger partial charge in [0, 0.05) is 12.6 Å². The minimum absolute atomic E-state index is 0.00943. The molecule has 0 saturated heterocycles. The Morgan fingerprint density at radius 1 is 1.53 bits per heavy atom. The highest BCUT2D eigenvalue weighted by molar-refractivity contribution is 5.83. The van der Waals surface area contributed by atoms with Crippen LogP contribution in [0.5, 0.6) is 0 Å². The molecule has 0 aliphatic carbocycles. The van der Waals surface area contributed by atoms with Crippen molar-refractivity contribution in [2.45, 2.75) is 38.3 Å². The minimum atomic E-state index is -0.516. The van der Waals surface area contributed by atoms with Crippen LogP contribution in [-0.4, -0.2) is 30.3 Å². The monoisotopic (exact) mass is 263 g/mol. The van der Waals surface area contributed by atoms with E-state index in [4.69, 9.17) is 9.84 Å². The molecule has 4 nitrogen and oxygen atoms in total. The van der Waals surface area contributed by atoms with E-state index in [0.717, 1.165) is 18.4 Å². The van der Waals surface area contributed by atoms with Gasteiger partial charge in [-0.15, -0.1) is 0 Å². The van der Waals surface area contributed by atoms with E-state index in [2.05, 4.69) is 5.32 Å². The zero-order valence-corrected chi connectivity index (χ0v) is 11.3. The number of aliphatic hydroxyl groups is 1. The molecule has 1 amide bonds. The maximum Gasteiger partial charge on any atom is 0.253 e. The first-order valence-corrected chi connectivity index (χ1v) is 6.87. The molecule has 104 valence electrons. The maximum absolute atomic E-state index is 12.3. The molecule has 2 unspecified atom stereocenters. The summed E-state index contributed by atoms with van der Waals surface area (Å²) < 4.78 is 5.62. The third-order valence-corrected chi connectivity index (χ3v) is 3.55. The average molecular weight is 263 g/mol. The van der Waals surface area contributed by atoms with Crippen LogP contribution in [0.2, 0.25) is 0 Å². The highest BCUT2D eigenvalue weighted by Gasteiger charge is 2.28. The van der Waals surface area contributed by atoms with Gasteiger partial charge in [0.25, 0.3) is 5.91 Å². The quantitative estimate of drug-likeness (QED) is 0.848. The second-order valence-electron chi connectivity index (χ2n) is 4.83. The van der Waals surface area contributed by atoms with Gasteiger partial charge in [0.15, 0.2) is 6.10 Å². The lowest BCUT2D eigenvalue weighted by Gasteiger charge is -2.27. The Kier molecular flexibility index (Phi) is 4.93. The standard InChI is InChI=1S/C15H21NO3/c1-2-12(7-9-17)16-15(18)14-13-6-4-3-5-11(13)8-10-19-14/h3-6,12,14,17H,2,7-10H2,1H3,(H,16,18). The zero-order valence-electron chi connectivity index (χ0n) is 11.3. The number of rotatable bonds is 5. The first kappa shape index (κ1) is 14.0. The third-order valence-electron chi connectivity index (χ3n) is 3.55. The van der Waals surface area contributed by atoms with Crippen molar-refractivity contribution in [1.82, 2.24) is 5.32 Å². The molecule has 2 atom stereocenters. The number of benzene rings is 1. The molecular weight excluding hydrogens is 242 g/mol. The number of fused-ring (bicyclic) bond motifs is 1. The van der Waals surface area contributed by atoms with Crippen LogP contribution in [0.15, 0.2) is 24.3 Å². The molecule has 0 spiro atoms. The van der Waals surface area contributed by atoms with Gasteiger partial charge in [-0.2, -0.15) is 0 Å². The molecule has 0 saturated carbocycles. The number of carbonyl (C=O) groups is 1. The molecule has 1 aliphatic rings. The molecule has 2 rings (SSSR count). The number of ether oxygens (including phenoxy) is 1. The van der Waals surface area contributed by atoms with Gasteiger partial charge in [-0.1, -0.05) is 31.2 Å². The van der Waals surface area contributed by atoms with Crippen LogP contribution in [0, 0.1) is 0 Å². The van der Waals surface area contributed by atoms with Crippen LogP contribution < -0.4 is 5.32 Å². The summed E-state index contributed by atoms with van der Waals surface area (Å²) in [6.07, 6.45) is 1.73. The second-order valence-corrected chi connectivity index (χ2v) is 4.83. The van der Waals surface area contributed by atoms with Crippen molar-refractivity contribution in [2.75, 3.05) is 13.2 Å². The average Bonchev–Trinajstić information content (AvgIpc) is 2.46. The Morgan fingerprint density at radius 3 is 3.05 bits per heavy atom. The van der Waals surface area contributed by atoms with Crippen LogP contribution in [-0.2, 0) is 16.0 Å². The summed E-state index contributed by atoms with van der Waals surface area (Å²) in [7, 11) is 0. The number of carbonyl (C=O) groups excluding carboxylic acids is 1. The smallest absolute Gasteiger partial charge is 0.253 e. The fraction of sp³-hybridized carbons (Fsp3) is 0.533. The van der Waals surface area contributed by atoms with Crippen molar-refractivity contribution >= 4 is 5.91 Å². The zero-order chi connectivity index (χ0) is 13.7. The fourth-order valence-electron chi connectivity index (χ4n) is 2.42. The van der Waals surface area contributed by atoms with Crippen LogP contribution >= 0.6 is 0 Å². The predicted octanol–water partition coefficient (Wildman–Crippen LogP) is 1.58. The summed E-state index contributed by atoms with van der Waals surface area (Å²) in [5.74, 6) is -0.104. The molecule has 0 aromatic heterocycles. The molecule has 1 aromatic carbocycles. The molecule has 1 aromatic rings. The molecule has 0 bridgehead atoms. The Morgan fingerprint density at radius 2 is 2.32 bits per heavy atom. The predicted molar refractivity (Wildman–Crippen MR) is 72.8 cm³/mol. The molecule has 19 heavy (non-hydrogen) atoms. The number of amides is 1. The lowest BCUT2D eigenvalue weighted by atomic mass is 9.97. The highest BCUT2D eigenvalue weighted by Crippen LogP contribution is 2.27. The number of hydrogen-bond donors (Lipinski definition) is 2. The van der Waals surface area contributed by atoms with Gasteiger partial charge in [-0.3, -0.25) is 4.79 Å². The van der Waals surface area contributed by atoms with Crippen molar-refractivity contribution in [3.63, 3.8) is 0 Å². The Bertz CT molecular complexity index is 433. The van der Waals surface area contributed by atoms with Crippen LogP contribution in [0.3, 0.4) is 0 Å². The van der Waals surface area contributed by atoms with Gasteiger partial charge < -0.3 is 15.2 Å². The number of hydrogen-bond acceptors (Lipinski definition) is 3. The van der Waals surface area contributed by atoms with E-state index in [-0.39, 0.29) is 18.6 Å². The maximum atomic E-state index is 12.3. The van der Waals surface area contributed by atoms with Gasteiger partial charge in [0.05, 0.1) is 6.61 Å². The summed E-state index contributed by atoms with van der Waals surface area (Å²) in [6, 6.07) is 7.92. The summed E-state index contributed by atoms with van der Waals surface area (Å²) in [5, 5.41) is 11.9. The first-order chi connectivity index (χ1) is 9.26. The van der Waals surface area contributed by atoms with Gasteiger partial charge in [-0.25, -0.2) is 0 Å². The van der Waals surface area contributed by atoms with E-state index in [9.17, 15) is 4.79 Å². The Hall–Kier alpha value is -1.39. The van der Waals surface area contributed by atoms with E-state index < -0.39 is 6.10 Å². The number of nitrogens with one attached hydrogen (secondary N) is 1.